The van der Waals surface area contributed by atoms with Crippen molar-refractivity contribution in [2.75, 3.05) is 24.5 Å². The van der Waals surface area contributed by atoms with Gasteiger partial charge in [-0.05, 0) is 37.5 Å². The molecule has 0 aliphatic carbocycles. The third kappa shape index (κ3) is 3.63. The summed E-state index contributed by atoms with van der Waals surface area (Å²) in [5.41, 5.74) is 1.52. The van der Waals surface area contributed by atoms with Crippen LogP contribution in [-0.2, 0) is 4.79 Å². The standard InChI is InChI=1S/C17H24N2O2/c1-3-10-18(11-4-2)17(21)14-7-5-8-15(13-14)19-12-6-9-16(19)20/h5,7-8,13H,3-4,6,9-12H2,1-2H3. The monoisotopic (exact) mass is 288 g/mol. The molecule has 1 aromatic carbocycles. The van der Waals surface area contributed by atoms with Gasteiger partial charge in [0.1, 0.15) is 0 Å². The summed E-state index contributed by atoms with van der Waals surface area (Å²) in [6.07, 6.45) is 3.41. The molecule has 1 heterocycles. The van der Waals surface area contributed by atoms with Crippen LogP contribution in [0.15, 0.2) is 24.3 Å². The van der Waals surface area contributed by atoms with Gasteiger partial charge in [-0.1, -0.05) is 19.9 Å². The molecule has 114 valence electrons. The molecule has 0 atom stereocenters. The Morgan fingerprint density at radius 3 is 2.52 bits per heavy atom. The van der Waals surface area contributed by atoms with E-state index in [1.807, 2.05) is 29.2 Å². The molecule has 0 aromatic heterocycles. The van der Waals surface area contributed by atoms with Crippen LogP contribution in [0.2, 0.25) is 0 Å². The number of hydrogen-bond donors (Lipinski definition) is 0. The van der Waals surface area contributed by atoms with E-state index in [-0.39, 0.29) is 11.8 Å². The van der Waals surface area contributed by atoms with Crippen LogP contribution in [0.4, 0.5) is 5.69 Å². The Kier molecular flexibility index (Phi) is 5.37. The normalized spacial score (nSPS) is 14.6. The van der Waals surface area contributed by atoms with Gasteiger partial charge in [-0.2, -0.15) is 0 Å². The molecule has 1 saturated heterocycles. The number of hydrogen-bond acceptors (Lipinski definition) is 2. The summed E-state index contributed by atoms with van der Waals surface area (Å²) in [6, 6.07) is 7.46. The fourth-order valence-electron chi connectivity index (χ4n) is 2.77. The molecule has 1 aliphatic rings. The van der Waals surface area contributed by atoms with Crippen molar-refractivity contribution in [1.29, 1.82) is 0 Å². The minimum atomic E-state index is 0.0622. The summed E-state index contributed by atoms with van der Waals surface area (Å²) in [4.78, 5) is 28.1. The maximum atomic E-state index is 12.6. The highest BCUT2D eigenvalue weighted by Crippen LogP contribution is 2.23. The Morgan fingerprint density at radius 1 is 1.24 bits per heavy atom. The van der Waals surface area contributed by atoms with E-state index in [9.17, 15) is 9.59 Å². The number of benzene rings is 1. The molecule has 0 N–H and O–H groups in total. The van der Waals surface area contributed by atoms with Gasteiger partial charge in [-0.3, -0.25) is 9.59 Å². The molecule has 1 fully saturated rings. The lowest BCUT2D eigenvalue weighted by molar-refractivity contribution is -0.117. The number of anilines is 1. The smallest absolute Gasteiger partial charge is 0.253 e. The molecule has 0 radical (unpaired) electrons. The van der Waals surface area contributed by atoms with Crippen molar-refractivity contribution >= 4 is 17.5 Å². The fourth-order valence-corrected chi connectivity index (χ4v) is 2.77. The van der Waals surface area contributed by atoms with Gasteiger partial charge in [0.15, 0.2) is 0 Å². The maximum Gasteiger partial charge on any atom is 0.253 e. The average Bonchev–Trinajstić information content (AvgIpc) is 2.92. The zero-order valence-corrected chi connectivity index (χ0v) is 13.0. The molecule has 21 heavy (non-hydrogen) atoms. The molecule has 0 saturated carbocycles. The number of rotatable bonds is 6. The quantitative estimate of drug-likeness (QED) is 0.807. The molecule has 0 spiro atoms. The van der Waals surface area contributed by atoms with Gasteiger partial charge in [0.05, 0.1) is 0 Å². The van der Waals surface area contributed by atoms with Gasteiger partial charge in [-0.15, -0.1) is 0 Å². The Morgan fingerprint density at radius 2 is 1.95 bits per heavy atom. The van der Waals surface area contributed by atoms with E-state index in [2.05, 4.69) is 13.8 Å². The first-order valence-corrected chi connectivity index (χ1v) is 7.87. The zero-order chi connectivity index (χ0) is 15.2. The van der Waals surface area contributed by atoms with E-state index in [0.717, 1.165) is 44.6 Å². The highest BCUT2D eigenvalue weighted by Gasteiger charge is 2.23. The number of carbonyl (C=O) groups is 2. The Balaban J connectivity index is 2.19. The van der Waals surface area contributed by atoms with E-state index >= 15 is 0 Å². The van der Waals surface area contributed by atoms with Crippen LogP contribution in [-0.4, -0.2) is 36.3 Å². The van der Waals surface area contributed by atoms with Crippen LogP contribution in [0, 0.1) is 0 Å². The van der Waals surface area contributed by atoms with Crippen molar-refractivity contribution in [1.82, 2.24) is 4.90 Å². The fraction of sp³-hybridized carbons (Fsp3) is 0.529. The number of nitrogens with zero attached hydrogens (tertiary/aromatic N) is 2. The molecule has 2 rings (SSSR count). The minimum absolute atomic E-state index is 0.0622. The first-order chi connectivity index (χ1) is 10.2. The molecule has 0 bridgehead atoms. The van der Waals surface area contributed by atoms with Crippen LogP contribution >= 0.6 is 0 Å². The van der Waals surface area contributed by atoms with Gasteiger partial charge in [-0.25, -0.2) is 0 Å². The summed E-state index contributed by atoms with van der Waals surface area (Å²) in [6.45, 7) is 6.47. The third-order valence-corrected chi connectivity index (χ3v) is 3.75. The average molecular weight is 288 g/mol. The third-order valence-electron chi connectivity index (χ3n) is 3.75. The van der Waals surface area contributed by atoms with Gasteiger partial charge < -0.3 is 9.80 Å². The first kappa shape index (κ1) is 15.5. The second-order valence-electron chi connectivity index (χ2n) is 5.49. The molecule has 0 unspecified atom stereocenters. The molecule has 4 nitrogen and oxygen atoms in total. The molecule has 2 amide bonds. The predicted molar refractivity (Wildman–Crippen MR) is 84.5 cm³/mol. The Bertz CT molecular complexity index is 507. The summed E-state index contributed by atoms with van der Waals surface area (Å²) in [5.74, 6) is 0.214. The van der Waals surface area contributed by atoms with Crippen LogP contribution in [0.1, 0.15) is 49.9 Å². The summed E-state index contributed by atoms with van der Waals surface area (Å²) >= 11 is 0. The predicted octanol–water partition coefficient (Wildman–Crippen LogP) is 3.08. The van der Waals surface area contributed by atoms with Crippen molar-refractivity contribution < 1.29 is 9.59 Å². The highest BCUT2D eigenvalue weighted by molar-refractivity contribution is 5.99. The Labute approximate surface area is 126 Å². The first-order valence-electron chi connectivity index (χ1n) is 7.87. The Hall–Kier alpha value is -1.84. The van der Waals surface area contributed by atoms with E-state index in [4.69, 9.17) is 0 Å². The van der Waals surface area contributed by atoms with Crippen molar-refractivity contribution in [3.05, 3.63) is 29.8 Å². The summed E-state index contributed by atoms with van der Waals surface area (Å²) < 4.78 is 0. The van der Waals surface area contributed by atoms with E-state index in [1.165, 1.54) is 0 Å². The molecular weight excluding hydrogens is 264 g/mol. The highest BCUT2D eigenvalue weighted by atomic mass is 16.2. The molecule has 1 aromatic rings. The summed E-state index contributed by atoms with van der Waals surface area (Å²) in [7, 11) is 0. The zero-order valence-electron chi connectivity index (χ0n) is 13.0. The van der Waals surface area contributed by atoms with Crippen molar-refractivity contribution in [2.45, 2.75) is 39.5 Å². The van der Waals surface area contributed by atoms with Gasteiger partial charge in [0.25, 0.3) is 5.91 Å². The van der Waals surface area contributed by atoms with Gasteiger partial charge >= 0.3 is 0 Å². The molecular formula is C17H24N2O2. The van der Waals surface area contributed by atoms with Crippen LogP contribution in [0.5, 0.6) is 0 Å². The largest absolute Gasteiger partial charge is 0.339 e. The van der Waals surface area contributed by atoms with Crippen molar-refractivity contribution in [3.8, 4) is 0 Å². The molecule has 4 heteroatoms. The van der Waals surface area contributed by atoms with E-state index in [1.54, 1.807) is 4.90 Å². The van der Waals surface area contributed by atoms with Crippen LogP contribution < -0.4 is 4.90 Å². The second kappa shape index (κ2) is 7.25. The second-order valence-corrected chi connectivity index (χ2v) is 5.49. The lowest BCUT2D eigenvalue weighted by Crippen LogP contribution is -2.32. The lowest BCUT2D eigenvalue weighted by Gasteiger charge is -2.22. The SMILES string of the molecule is CCCN(CCC)C(=O)c1cccc(N2CCCC2=O)c1. The van der Waals surface area contributed by atoms with E-state index < -0.39 is 0 Å². The topological polar surface area (TPSA) is 40.6 Å². The molecule has 1 aliphatic heterocycles. The van der Waals surface area contributed by atoms with Crippen molar-refractivity contribution in [3.63, 3.8) is 0 Å². The van der Waals surface area contributed by atoms with E-state index in [0.29, 0.717) is 12.0 Å². The summed E-state index contributed by atoms with van der Waals surface area (Å²) in [5, 5.41) is 0. The van der Waals surface area contributed by atoms with Crippen molar-refractivity contribution in [2.24, 2.45) is 0 Å². The van der Waals surface area contributed by atoms with Gasteiger partial charge in [0, 0.05) is 37.3 Å². The lowest BCUT2D eigenvalue weighted by atomic mass is 10.1. The van der Waals surface area contributed by atoms with Gasteiger partial charge in [0.2, 0.25) is 5.91 Å². The van der Waals surface area contributed by atoms with Crippen LogP contribution in [0.25, 0.3) is 0 Å². The number of amides is 2. The number of carbonyl (C=O) groups excluding carboxylic acids is 2. The minimum Gasteiger partial charge on any atom is -0.339 e. The maximum absolute atomic E-state index is 12.6. The van der Waals surface area contributed by atoms with Crippen LogP contribution in [0.3, 0.4) is 0 Å².